The van der Waals surface area contributed by atoms with E-state index < -0.39 is 5.97 Å². The molecule has 0 atom stereocenters. The monoisotopic (exact) mass is 396 g/mol. The van der Waals surface area contributed by atoms with E-state index >= 15 is 0 Å². The molecule has 1 amide bonds. The summed E-state index contributed by atoms with van der Waals surface area (Å²) in [6.45, 7) is 3.44. The maximum absolute atomic E-state index is 12.4. The van der Waals surface area contributed by atoms with Gasteiger partial charge in [-0.25, -0.2) is 4.79 Å². The van der Waals surface area contributed by atoms with Gasteiger partial charge in [0.1, 0.15) is 6.54 Å². The van der Waals surface area contributed by atoms with Crippen LogP contribution in [0, 0.1) is 0 Å². The third kappa shape index (κ3) is 4.55. The van der Waals surface area contributed by atoms with E-state index in [1.807, 2.05) is 12.1 Å². The standard InChI is InChI=1S/C17H18Cl2N4O3/c18-14-2-1-12(15(19)7-14)9-21-3-5-22(6-4-21)16(24)11-23-10-13(8-20-23)17(25)26/h1-2,7-8,10H,3-6,9,11H2,(H,25,26). The number of aromatic nitrogens is 2. The van der Waals surface area contributed by atoms with E-state index in [0.717, 1.165) is 18.7 Å². The van der Waals surface area contributed by atoms with Gasteiger partial charge in [0.25, 0.3) is 0 Å². The number of amides is 1. The van der Waals surface area contributed by atoms with Crippen molar-refractivity contribution in [3.05, 3.63) is 51.8 Å². The maximum Gasteiger partial charge on any atom is 0.338 e. The van der Waals surface area contributed by atoms with Crippen LogP contribution >= 0.6 is 23.2 Å². The average molecular weight is 397 g/mol. The van der Waals surface area contributed by atoms with Gasteiger partial charge in [-0.05, 0) is 17.7 Å². The van der Waals surface area contributed by atoms with Crippen LogP contribution in [0.25, 0.3) is 0 Å². The lowest BCUT2D eigenvalue weighted by molar-refractivity contribution is -0.133. The van der Waals surface area contributed by atoms with Crippen LogP contribution in [0.4, 0.5) is 0 Å². The number of carbonyl (C=O) groups is 2. The molecule has 1 fully saturated rings. The van der Waals surface area contributed by atoms with Crippen molar-refractivity contribution in [2.24, 2.45) is 0 Å². The molecule has 0 saturated carbocycles. The Morgan fingerprint density at radius 3 is 2.50 bits per heavy atom. The number of aromatic carboxylic acids is 1. The van der Waals surface area contributed by atoms with Crippen LogP contribution in [0.3, 0.4) is 0 Å². The first-order valence-corrected chi connectivity index (χ1v) is 8.88. The van der Waals surface area contributed by atoms with Gasteiger partial charge in [-0.2, -0.15) is 5.10 Å². The van der Waals surface area contributed by atoms with Gasteiger partial charge in [0, 0.05) is 49.0 Å². The Morgan fingerprint density at radius 2 is 1.88 bits per heavy atom. The lowest BCUT2D eigenvalue weighted by Crippen LogP contribution is -2.49. The Morgan fingerprint density at radius 1 is 1.15 bits per heavy atom. The highest BCUT2D eigenvalue weighted by Gasteiger charge is 2.22. The molecule has 1 aromatic heterocycles. The molecule has 1 saturated heterocycles. The second-order valence-electron chi connectivity index (χ2n) is 6.12. The Balaban J connectivity index is 1.51. The molecule has 0 spiro atoms. The number of carbonyl (C=O) groups excluding carboxylic acids is 1. The minimum Gasteiger partial charge on any atom is -0.478 e. The highest BCUT2D eigenvalue weighted by molar-refractivity contribution is 6.35. The number of rotatable bonds is 5. The summed E-state index contributed by atoms with van der Waals surface area (Å²) in [5.41, 5.74) is 1.08. The Labute approximate surface area is 160 Å². The van der Waals surface area contributed by atoms with Gasteiger partial charge in [-0.1, -0.05) is 29.3 Å². The second-order valence-corrected chi connectivity index (χ2v) is 6.97. The van der Waals surface area contributed by atoms with E-state index in [-0.39, 0.29) is 18.0 Å². The van der Waals surface area contributed by atoms with Crippen LogP contribution in [0.15, 0.2) is 30.6 Å². The number of hydrogen-bond acceptors (Lipinski definition) is 4. The normalized spacial score (nSPS) is 15.2. The lowest BCUT2D eigenvalue weighted by Gasteiger charge is -2.34. The average Bonchev–Trinajstić information content (AvgIpc) is 3.07. The molecule has 0 bridgehead atoms. The lowest BCUT2D eigenvalue weighted by atomic mass is 10.2. The molecule has 9 heteroatoms. The number of nitrogens with zero attached hydrogens (tertiary/aromatic N) is 4. The Hall–Kier alpha value is -2.09. The largest absolute Gasteiger partial charge is 0.478 e. The van der Waals surface area contributed by atoms with Crippen LogP contribution in [0.2, 0.25) is 10.0 Å². The minimum atomic E-state index is -1.06. The molecular weight excluding hydrogens is 379 g/mol. The van der Waals surface area contributed by atoms with Crippen molar-refractivity contribution in [3.8, 4) is 0 Å². The Bertz CT molecular complexity index is 816. The quantitative estimate of drug-likeness (QED) is 0.837. The molecule has 138 valence electrons. The molecule has 3 rings (SSSR count). The predicted octanol–water partition coefficient (Wildman–Crippen LogP) is 2.23. The molecule has 1 aromatic carbocycles. The molecule has 26 heavy (non-hydrogen) atoms. The molecule has 7 nitrogen and oxygen atoms in total. The third-order valence-electron chi connectivity index (χ3n) is 4.31. The fourth-order valence-corrected chi connectivity index (χ4v) is 3.31. The van der Waals surface area contributed by atoms with Crippen LogP contribution in [-0.2, 0) is 17.9 Å². The van der Waals surface area contributed by atoms with Gasteiger partial charge < -0.3 is 10.0 Å². The molecule has 2 heterocycles. The van der Waals surface area contributed by atoms with Crippen molar-refractivity contribution in [2.45, 2.75) is 13.1 Å². The van der Waals surface area contributed by atoms with E-state index in [0.29, 0.717) is 29.7 Å². The molecule has 1 aliphatic heterocycles. The first-order valence-electron chi connectivity index (χ1n) is 8.12. The molecule has 0 aliphatic carbocycles. The van der Waals surface area contributed by atoms with Gasteiger partial charge in [-0.3, -0.25) is 14.4 Å². The number of carboxylic acid groups (broad SMARTS) is 1. The van der Waals surface area contributed by atoms with Crippen molar-refractivity contribution < 1.29 is 14.7 Å². The van der Waals surface area contributed by atoms with Crippen molar-refractivity contribution in [3.63, 3.8) is 0 Å². The second kappa shape index (κ2) is 8.07. The summed E-state index contributed by atoms with van der Waals surface area (Å²) >= 11 is 12.1. The zero-order valence-corrected chi connectivity index (χ0v) is 15.4. The van der Waals surface area contributed by atoms with Gasteiger partial charge in [0.15, 0.2) is 0 Å². The summed E-state index contributed by atoms with van der Waals surface area (Å²) in [5, 5.41) is 14.1. The summed E-state index contributed by atoms with van der Waals surface area (Å²) in [5.74, 6) is -1.13. The summed E-state index contributed by atoms with van der Waals surface area (Å²) in [7, 11) is 0. The SMILES string of the molecule is O=C(O)c1cnn(CC(=O)N2CCN(Cc3ccc(Cl)cc3Cl)CC2)c1. The number of halogens is 2. The van der Waals surface area contributed by atoms with E-state index in [4.69, 9.17) is 28.3 Å². The van der Waals surface area contributed by atoms with Gasteiger partial charge >= 0.3 is 5.97 Å². The van der Waals surface area contributed by atoms with Gasteiger partial charge in [0.2, 0.25) is 5.91 Å². The molecule has 1 N–H and O–H groups in total. The van der Waals surface area contributed by atoms with Crippen molar-refractivity contribution in [1.29, 1.82) is 0 Å². The summed E-state index contributed by atoms with van der Waals surface area (Å²) in [6.07, 6.45) is 2.60. The van der Waals surface area contributed by atoms with Crippen LogP contribution < -0.4 is 0 Å². The fraction of sp³-hybridized carbons (Fsp3) is 0.353. The summed E-state index contributed by atoms with van der Waals surface area (Å²) in [6, 6.07) is 5.46. The summed E-state index contributed by atoms with van der Waals surface area (Å²) in [4.78, 5) is 27.2. The molecule has 1 aliphatic rings. The van der Waals surface area contributed by atoms with Gasteiger partial charge in [-0.15, -0.1) is 0 Å². The van der Waals surface area contributed by atoms with Crippen molar-refractivity contribution in [2.75, 3.05) is 26.2 Å². The first-order chi connectivity index (χ1) is 12.4. The zero-order chi connectivity index (χ0) is 18.7. The van der Waals surface area contributed by atoms with Crippen LogP contribution in [0.5, 0.6) is 0 Å². The maximum atomic E-state index is 12.4. The smallest absolute Gasteiger partial charge is 0.338 e. The van der Waals surface area contributed by atoms with Crippen molar-refractivity contribution in [1.82, 2.24) is 19.6 Å². The van der Waals surface area contributed by atoms with E-state index in [9.17, 15) is 9.59 Å². The highest BCUT2D eigenvalue weighted by Crippen LogP contribution is 2.22. The fourth-order valence-electron chi connectivity index (χ4n) is 2.85. The molecule has 0 unspecified atom stereocenters. The zero-order valence-electron chi connectivity index (χ0n) is 13.9. The number of piperazine rings is 1. The molecule has 2 aromatic rings. The third-order valence-corrected chi connectivity index (χ3v) is 4.90. The van der Waals surface area contributed by atoms with E-state index in [1.54, 1.807) is 11.0 Å². The molecule has 0 radical (unpaired) electrons. The van der Waals surface area contributed by atoms with Crippen LogP contribution in [-0.4, -0.2) is 62.7 Å². The van der Waals surface area contributed by atoms with Crippen molar-refractivity contribution >= 4 is 35.1 Å². The summed E-state index contributed by atoms with van der Waals surface area (Å²) < 4.78 is 1.35. The number of benzene rings is 1. The predicted molar refractivity (Wildman–Crippen MR) is 97.5 cm³/mol. The minimum absolute atomic E-state index is 0.0380. The van der Waals surface area contributed by atoms with E-state index in [1.165, 1.54) is 17.1 Å². The van der Waals surface area contributed by atoms with E-state index in [2.05, 4.69) is 10.00 Å². The number of hydrogen-bond donors (Lipinski definition) is 1. The highest BCUT2D eigenvalue weighted by atomic mass is 35.5. The first kappa shape index (κ1) is 18.7. The van der Waals surface area contributed by atoms with Gasteiger partial charge in [0.05, 0.1) is 11.8 Å². The van der Waals surface area contributed by atoms with Crippen LogP contribution in [0.1, 0.15) is 15.9 Å². The molecular formula is C17H18Cl2N4O3. The topological polar surface area (TPSA) is 78.7 Å². The Kier molecular flexibility index (Phi) is 5.80. The number of carboxylic acids is 1.